The van der Waals surface area contributed by atoms with Gasteiger partial charge in [0.25, 0.3) is 5.91 Å². The molecule has 1 aromatic carbocycles. The molecule has 0 bridgehead atoms. The normalized spacial score (nSPS) is 14.5. The summed E-state index contributed by atoms with van der Waals surface area (Å²) in [6.45, 7) is 3.31. The molecule has 0 atom stereocenters. The molecule has 1 aliphatic heterocycles. The highest BCUT2D eigenvalue weighted by Crippen LogP contribution is 2.15. The van der Waals surface area contributed by atoms with Gasteiger partial charge in [-0.1, -0.05) is 18.2 Å². The highest BCUT2D eigenvalue weighted by Gasteiger charge is 2.18. The molecule has 5 heteroatoms. The minimum absolute atomic E-state index is 0.186. The van der Waals surface area contributed by atoms with E-state index in [0.717, 1.165) is 30.6 Å². The molecule has 2 heterocycles. The van der Waals surface area contributed by atoms with Crippen molar-refractivity contribution in [2.45, 2.75) is 32.7 Å². The van der Waals surface area contributed by atoms with E-state index in [1.54, 1.807) is 18.2 Å². The monoisotopic (exact) mass is 323 g/mol. The van der Waals surface area contributed by atoms with Crippen LogP contribution in [0.1, 0.15) is 40.9 Å². The Kier molecular flexibility index (Phi) is 4.89. The number of nitrogens with zero attached hydrogens (tertiary/aromatic N) is 2. The number of amides is 2. The zero-order valence-electron chi connectivity index (χ0n) is 13.8. The van der Waals surface area contributed by atoms with E-state index >= 15 is 0 Å². The molecule has 0 saturated carbocycles. The van der Waals surface area contributed by atoms with Gasteiger partial charge in [0, 0.05) is 30.8 Å². The molecule has 0 spiro atoms. The van der Waals surface area contributed by atoms with Crippen LogP contribution in [0.25, 0.3) is 0 Å². The zero-order valence-corrected chi connectivity index (χ0v) is 13.8. The van der Waals surface area contributed by atoms with Gasteiger partial charge < -0.3 is 10.2 Å². The maximum absolute atomic E-state index is 12.3. The Bertz CT molecular complexity index is 741. The van der Waals surface area contributed by atoms with E-state index in [1.807, 2.05) is 36.1 Å². The number of aryl methyl sites for hydroxylation is 1. The maximum atomic E-state index is 12.3. The van der Waals surface area contributed by atoms with Crippen LogP contribution in [0.3, 0.4) is 0 Å². The van der Waals surface area contributed by atoms with Gasteiger partial charge in [-0.2, -0.15) is 0 Å². The second-order valence-corrected chi connectivity index (χ2v) is 6.09. The Labute approximate surface area is 141 Å². The van der Waals surface area contributed by atoms with E-state index in [0.29, 0.717) is 24.3 Å². The maximum Gasteiger partial charge on any atom is 0.256 e. The summed E-state index contributed by atoms with van der Waals surface area (Å²) in [5.41, 5.74) is 2.47. The van der Waals surface area contributed by atoms with E-state index < -0.39 is 0 Å². The second kappa shape index (κ2) is 7.25. The van der Waals surface area contributed by atoms with Crippen LogP contribution in [-0.4, -0.2) is 28.2 Å². The topological polar surface area (TPSA) is 62.3 Å². The second-order valence-electron chi connectivity index (χ2n) is 6.09. The third kappa shape index (κ3) is 3.98. The van der Waals surface area contributed by atoms with E-state index in [1.165, 1.54) is 0 Å². The largest absolute Gasteiger partial charge is 0.338 e. The number of carbonyl (C=O) groups is 2. The van der Waals surface area contributed by atoms with Crippen LogP contribution in [0.15, 0.2) is 42.5 Å². The van der Waals surface area contributed by atoms with Crippen molar-refractivity contribution < 1.29 is 9.59 Å². The van der Waals surface area contributed by atoms with Crippen LogP contribution < -0.4 is 5.32 Å². The molecule has 3 rings (SSSR count). The Hall–Kier alpha value is -2.69. The number of hydrogen-bond acceptors (Lipinski definition) is 3. The smallest absolute Gasteiger partial charge is 0.256 e. The third-order valence-electron chi connectivity index (χ3n) is 4.14. The minimum Gasteiger partial charge on any atom is -0.338 e. The molecule has 24 heavy (non-hydrogen) atoms. The zero-order chi connectivity index (χ0) is 16.9. The fourth-order valence-electron chi connectivity index (χ4n) is 2.81. The van der Waals surface area contributed by atoms with Gasteiger partial charge in [-0.05, 0) is 49.6 Å². The van der Waals surface area contributed by atoms with Crippen molar-refractivity contribution in [1.82, 2.24) is 9.88 Å². The molecule has 1 aliphatic rings. The van der Waals surface area contributed by atoms with Gasteiger partial charge in [-0.25, -0.2) is 4.98 Å². The van der Waals surface area contributed by atoms with E-state index in [4.69, 9.17) is 0 Å². The molecule has 2 aromatic rings. The first-order chi connectivity index (χ1) is 11.6. The fraction of sp³-hybridized carbons (Fsp3) is 0.316. The molecule has 1 fully saturated rings. The average molecular weight is 323 g/mol. The van der Waals surface area contributed by atoms with Gasteiger partial charge >= 0.3 is 0 Å². The first-order valence-corrected chi connectivity index (χ1v) is 8.23. The van der Waals surface area contributed by atoms with Crippen LogP contribution in [0.2, 0.25) is 0 Å². The van der Waals surface area contributed by atoms with Gasteiger partial charge in [-0.3, -0.25) is 9.59 Å². The third-order valence-corrected chi connectivity index (χ3v) is 4.14. The van der Waals surface area contributed by atoms with Crippen molar-refractivity contribution in [2.75, 3.05) is 11.9 Å². The number of aromatic nitrogens is 1. The van der Waals surface area contributed by atoms with Gasteiger partial charge in [0.1, 0.15) is 5.82 Å². The number of carbonyl (C=O) groups excluding carboxylic acids is 2. The van der Waals surface area contributed by atoms with Crippen LogP contribution in [0.4, 0.5) is 5.82 Å². The Morgan fingerprint density at radius 2 is 1.96 bits per heavy atom. The van der Waals surface area contributed by atoms with Crippen molar-refractivity contribution >= 4 is 17.6 Å². The van der Waals surface area contributed by atoms with Crippen molar-refractivity contribution in [3.63, 3.8) is 0 Å². The Morgan fingerprint density at radius 3 is 2.67 bits per heavy atom. The van der Waals surface area contributed by atoms with Crippen LogP contribution in [-0.2, 0) is 11.3 Å². The van der Waals surface area contributed by atoms with Crippen molar-refractivity contribution in [1.29, 1.82) is 0 Å². The number of nitrogens with one attached hydrogen (secondary N) is 1. The summed E-state index contributed by atoms with van der Waals surface area (Å²) in [6, 6.07) is 12.9. The predicted octanol–water partition coefficient (Wildman–Crippen LogP) is 3.15. The van der Waals surface area contributed by atoms with Crippen molar-refractivity contribution in [3.05, 3.63) is 59.3 Å². The molecule has 5 nitrogen and oxygen atoms in total. The number of anilines is 1. The average Bonchev–Trinajstić information content (AvgIpc) is 2.57. The predicted molar refractivity (Wildman–Crippen MR) is 92.6 cm³/mol. The first kappa shape index (κ1) is 16.2. The number of hydrogen-bond donors (Lipinski definition) is 1. The van der Waals surface area contributed by atoms with Gasteiger partial charge in [0.2, 0.25) is 5.91 Å². The number of rotatable bonds is 4. The molecular weight excluding hydrogens is 302 g/mol. The number of piperidine rings is 1. The van der Waals surface area contributed by atoms with Gasteiger partial charge in [0.05, 0.1) is 0 Å². The van der Waals surface area contributed by atoms with Gasteiger partial charge in [-0.15, -0.1) is 0 Å². The lowest BCUT2D eigenvalue weighted by atomic mass is 10.1. The Morgan fingerprint density at radius 1 is 1.17 bits per heavy atom. The van der Waals surface area contributed by atoms with E-state index in [2.05, 4.69) is 10.3 Å². The molecule has 0 aliphatic carbocycles. The number of pyridine rings is 1. The highest BCUT2D eigenvalue weighted by atomic mass is 16.2. The molecule has 1 N–H and O–H groups in total. The van der Waals surface area contributed by atoms with Crippen molar-refractivity contribution in [2.24, 2.45) is 0 Å². The van der Waals surface area contributed by atoms with Crippen LogP contribution in [0.5, 0.6) is 0 Å². The summed E-state index contributed by atoms with van der Waals surface area (Å²) in [5.74, 6) is 0.574. The number of likely N-dealkylation sites (tertiary alicyclic amines) is 1. The highest BCUT2D eigenvalue weighted by molar-refractivity contribution is 6.03. The molecule has 1 aromatic heterocycles. The molecule has 0 radical (unpaired) electrons. The molecule has 1 saturated heterocycles. The summed E-state index contributed by atoms with van der Waals surface area (Å²) in [7, 11) is 0. The summed E-state index contributed by atoms with van der Waals surface area (Å²) in [4.78, 5) is 30.3. The summed E-state index contributed by atoms with van der Waals surface area (Å²) >= 11 is 0. The molecule has 124 valence electrons. The Balaban J connectivity index is 1.63. The van der Waals surface area contributed by atoms with Crippen molar-refractivity contribution in [3.8, 4) is 0 Å². The summed E-state index contributed by atoms with van der Waals surface area (Å²) in [5, 5.41) is 2.79. The lowest BCUT2D eigenvalue weighted by Gasteiger charge is -2.26. The van der Waals surface area contributed by atoms with Crippen LogP contribution in [0, 0.1) is 6.92 Å². The minimum atomic E-state index is -0.186. The molecular formula is C19H21N3O2. The summed E-state index contributed by atoms with van der Waals surface area (Å²) in [6.07, 6.45) is 2.70. The summed E-state index contributed by atoms with van der Waals surface area (Å²) < 4.78 is 0. The van der Waals surface area contributed by atoms with E-state index in [-0.39, 0.29) is 11.8 Å². The molecule has 2 amide bonds. The van der Waals surface area contributed by atoms with E-state index in [9.17, 15) is 9.59 Å². The first-order valence-electron chi connectivity index (χ1n) is 8.23. The number of benzene rings is 1. The lowest BCUT2D eigenvalue weighted by molar-refractivity contribution is -0.133. The standard InChI is InChI=1S/C19H21N3O2/c1-14-5-4-6-17(20-14)21-19(24)16-10-8-15(9-11-16)13-22-12-3-2-7-18(22)23/h4-6,8-11H,2-3,7,12-13H2,1H3,(H,20,21,24). The lowest BCUT2D eigenvalue weighted by Crippen LogP contribution is -2.34. The van der Waals surface area contributed by atoms with Crippen LogP contribution >= 0.6 is 0 Å². The quantitative estimate of drug-likeness (QED) is 0.940. The van der Waals surface area contributed by atoms with Gasteiger partial charge in [0.15, 0.2) is 0 Å². The SMILES string of the molecule is Cc1cccc(NC(=O)c2ccc(CN3CCCCC3=O)cc2)n1. The fourth-order valence-corrected chi connectivity index (χ4v) is 2.81. The molecule has 0 unspecified atom stereocenters.